The predicted octanol–water partition coefficient (Wildman–Crippen LogP) is 1.95. The molecule has 8 heavy (non-hydrogen) atoms. The molecule has 0 aromatic heterocycles. The Kier molecular flexibility index (Phi) is 1.89. The summed E-state index contributed by atoms with van der Waals surface area (Å²) in [6.07, 6.45) is 0. The molecular formula is C6H17NSi. The zero-order chi connectivity index (χ0) is 7.00. The highest BCUT2D eigenvalue weighted by atomic mass is 28.3. The Labute approximate surface area is 53.4 Å². The monoisotopic (exact) mass is 131 g/mol. The van der Waals surface area contributed by atoms with E-state index in [0.717, 1.165) is 0 Å². The van der Waals surface area contributed by atoms with E-state index in [-0.39, 0.29) is 0 Å². The molecule has 0 unspecified atom stereocenters. The minimum absolute atomic E-state index is 0.354. The van der Waals surface area contributed by atoms with E-state index in [9.17, 15) is 0 Å². The van der Waals surface area contributed by atoms with Gasteiger partial charge in [-0.1, -0.05) is 33.9 Å². The van der Waals surface area contributed by atoms with Crippen LogP contribution < -0.4 is 5.40 Å². The molecular weight excluding hydrogens is 114 g/mol. The smallest absolute Gasteiger partial charge is 0.122 e. The Morgan fingerprint density at radius 3 is 1.25 bits per heavy atom. The summed E-state index contributed by atoms with van der Waals surface area (Å²) in [6.45, 7) is 11.0. The van der Waals surface area contributed by atoms with Crippen LogP contribution in [0.3, 0.4) is 0 Å². The quantitative estimate of drug-likeness (QED) is 0.500. The average Bonchev–Trinajstić information content (AvgIpc) is 1.25. The molecule has 0 amide bonds. The van der Waals surface area contributed by atoms with Gasteiger partial charge in [0, 0.05) is 0 Å². The van der Waals surface area contributed by atoms with E-state index in [1.807, 2.05) is 0 Å². The van der Waals surface area contributed by atoms with E-state index in [0.29, 0.717) is 5.04 Å². The van der Waals surface area contributed by atoms with Gasteiger partial charge in [-0.05, 0) is 5.04 Å². The van der Waals surface area contributed by atoms with E-state index in [1.165, 1.54) is 0 Å². The zero-order valence-corrected chi connectivity index (χ0v) is 7.58. The number of rotatable bonds is 0. The second-order valence-electron chi connectivity index (χ2n) is 3.97. The molecule has 0 aliphatic carbocycles. The fraction of sp³-hybridized carbons (Fsp3) is 1.00. The van der Waals surface area contributed by atoms with E-state index >= 15 is 0 Å². The van der Waals surface area contributed by atoms with E-state index in [1.54, 1.807) is 0 Å². The Bertz CT molecular complexity index is 63.5. The van der Waals surface area contributed by atoms with Crippen LogP contribution in [-0.4, -0.2) is 8.24 Å². The van der Waals surface area contributed by atoms with Crippen LogP contribution in [0.4, 0.5) is 0 Å². The Hall–Kier alpha value is 0.177. The van der Waals surface area contributed by atoms with Gasteiger partial charge in [0.25, 0.3) is 0 Å². The van der Waals surface area contributed by atoms with E-state index < -0.39 is 8.24 Å². The summed E-state index contributed by atoms with van der Waals surface area (Å²) >= 11 is 0. The third-order valence-corrected chi connectivity index (χ3v) is 5.80. The second kappa shape index (κ2) is 1.85. The molecule has 2 heteroatoms. The van der Waals surface area contributed by atoms with E-state index in [2.05, 4.69) is 33.9 Å². The zero-order valence-electron chi connectivity index (χ0n) is 6.58. The molecule has 0 rings (SSSR count). The molecule has 0 heterocycles. The van der Waals surface area contributed by atoms with Gasteiger partial charge in [-0.3, -0.25) is 0 Å². The van der Waals surface area contributed by atoms with Gasteiger partial charge in [-0.2, -0.15) is 0 Å². The van der Waals surface area contributed by atoms with Crippen LogP contribution in [0, 0.1) is 0 Å². The molecule has 0 fully saturated rings. The lowest BCUT2D eigenvalue weighted by Gasteiger charge is -2.32. The molecule has 0 saturated heterocycles. The lowest BCUT2D eigenvalue weighted by atomic mass is 10.2. The van der Waals surface area contributed by atoms with Gasteiger partial charge in [0.05, 0.1) is 0 Å². The first kappa shape index (κ1) is 8.18. The van der Waals surface area contributed by atoms with Crippen LogP contribution in [0.25, 0.3) is 0 Å². The first-order valence-corrected chi connectivity index (χ1v) is 6.12. The number of hydrogen-bond donors (Lipinski definition) is 1. The highest BCUT2D eigenvalue weighted by Gasteiger charge is 2.30. The van der Waals surface area contributed by atoms with Gasteiger partial charge >= 0.3 is 0 Å². The average molecular weight is 131 g/mol. The first-order valence-electron chi connectivity index (χ1n) is 3.04. The molecule has 0 saturated carbocycles. The standard InChI is InChI=1S/C6H17NSi/c1-6(2,3)8(4,5)7/h7H2,1-5H3. The van der Waals surface area contributed by atoms with Crippen molar-refractivity contribution in [3.63, 3.8) is 0 Å². The molecule has 0 spiro atoms. The summed E-state index contributed by atoms with van der Waals surface area (Å²) in [6, 6.07) is 0. The topological polar surface area (TPSA) is 26.0 Å². The van der Waals surface area contributed by atoms with Crippen LogP contribution in [0.1, 0.15) is 20.8 Å². The van der Waals surface area contributed by atoms with Crippen molar-refractivity contribution in [3.05, 3.63) is 0 Å². The van der Waals surface area contributed by atoms with Gasteiger partial charge in [0.2, 0.25) is 0 Å². The van der Waals surface area contributed by atoms with Crippen molar-refractivity contribution < 1.29 is 0 Å². The Morgan fingerprint density at radius 2 is 1.25 bits per heavy atom. The molecule has 1 nitrogen and oxygen atoms in total. The molecule has 0 radical (unpaired) electrons. The maximum absolute atomic E-state index is 5.95. The summed E-state index contributed by atoms with van der Waals surface area (Å²) in [7, 11) is -1.36. The second-order valence-corrected chi connectivity index (χ2v) is 8.92. The van der Waals surface area contributed by atoms with Crippen molar-refractivity contribution >= 4 is 8.24 Å². The van der Waals surface area contributed by atoms with Crippen molar-refractivity contribution in [2.24, 2.45) is 5.40 Å². The van der Waals surface area contributed by atoms with Crippen molar-refractivity contribution in [2.75, 3.05) is 0 Å². The Morgan fingerprint density at radius 1 is 1.12 bits per heavy atom. The van der Waals surface area contributed by atoms with Gasteiger partial charge in [0.1, 0.15) is 8.24 Å². The van der Waals surface area contributed by atoms with Crippen molar-refractivity contribution in [3.8, 4) is 0 Å². The molecule has 0 aromatic rings. The predicted molar refractivity (Wildman–Crippen MR) is 41.4 cm³/mol. The number of hydrogen-bond acceptors (Lipinski definition) is 1. The van der Waals surface area contributed by atoms with Crippen LogP contribution in [-0.2, 0) is 0 Å². The lowest BCUT2D eigenvalue weighted by Crippen LogP contribution is -2.47. The van der Waals surface area contributed by atoms with Crippen LogP contribution >= 0.6 is 0 Å². The summed E-state index contributed by atoms with van der Waals surface area (Å²) in [5.41, 5.74) is 0. The number of nitrogens with two attached hydrogens (primary N) is 1. The molecule has 0 aromatic carbocycles. The summed E-state index contributed by atoms with van der Waals surface area (Å²) in [5.74, 6) is 0. The van der Waals surface area contributed by atoms with E-state index in [4.69, 9.17) is 5.40 Å². The third-order valence-electron chi connectivity index (χ3n) is 1.93. The van der Waals surface area contributed by atoms with Crippen LogP contribution in [0.5, 0.6) is 0 Å². The molecule has 0 atom stereocenters. The molecule has 50 valence electrons. The van der Waals surface area contributed by atoms with Gasteiger partial charge in [-0.25, -0.2) is 0 Å². The van der Waals surface area contributed by atoms with Gasteiger partial charge < -0.3 is 5.40 Å². The summed E-state index contributed by atoms with van der Waals surface area (Å²) < 4.78 is 0. The van der Waals surface area contributed by atoms with Crippen molar-refractivity contribution in [1.29, 1.82) is 0 Å². The van der Waals surface area contributed by atoms with Crippen LogP contribution in [0.15, 0.2) is 0 Å². The molecule has 0 aliphatic heterocycles. The Balaban J connectivity index is 4.02. The van der Waals surface area contributed by atoms with Crippen molar-refractivity contribution in [1.82, 2.24) is 0 Å². The maximum Gasteiger partial charge on any atom is 0.122 e. The highest BCUT2D eigenvalue weighted by Crippen LogP contribution is 2.31. The van der Waals surface area contributed by atoms with Gasteiger partial charge in [-0.15, -0.1) is 0 Å². The third kappa shape index (κ3) is 1.97. The summed E-state index contributed by atoms with van der Waals surface area (Å²) in [4.78, 5) is 0. The molecule has 2 N–H and O–H groups in total. The molecule has 0 bridgehead atoms. The normalized spacial score (nSPS) is 14.2. The van der Waals surface area contributed by atoms with Crippen molar-refractivity contribution in [2.45, 2.75) is 38.9 Å². The first-order chi connectivity index (χ1) is 3.25. The fourth-order valence-electron chi connectivity index (χ4n) is 0. The summed E-state index contributed by atoms with van der Waals surface area (Å²) in [5, 5.41) is 6.31. The van der Waals surface area contributed by atoms with Gasteiger partial charge in [0.15, 0.2) is 0 Å². The fourth-order valence-corrected chi connectivity index (χ4v) is 0. The SMILES string of the molecule is CC(C)(C)[Si](C)(C)N. The minimum atomic E-state index is -1.36. The van der Waals surface area contributed by atoms with Crippen LogP contribution in [0.2, 0.25) is 18.1 Å². The minimum Gasteiger partial charge on any atom is -0.351 e. The largest absolute Gasteiger partial charge is 0.351 e. The maximum atomic E-state index is 5.95. The highest BCUT2D eigenvalue weighted by molar-refractivity contribution is 6.77. The lowest BCUT2D eigenvalue weighted by molar-refractivity contribution is 0.718. The molecule has 0 aliphatic rings.